The van der Waals surface area contributed by atoms with Crippen molar-refractivity contribution in [3.63, 3.8) is 0 Å². The van der Waals surface area contributed by atoms with Crippen molar-refractivity contribution in [2.75, 3.05) is 24.7 Å². The number of hydrogen-bond acceptors (Lipinski definition) is 5. The highest BCUT2D eigenvalue weighted by atomic mass is 16.6. The molecule has 1 saturated heterocycles. The lowest BCUT2D eigenvalue weighted by molar-refractivity contribution is -0.144. The quantitative estimate of drug-likeness (QED) is 0.519. The number of ketones is 1. The molecule has 1 heterocycles. The molecule has 0 saturated carbocycles. The fourth-order valence-electron chi connectivity index (χ4n) is 2.98. The van der Waals surface area contributed by atoms with E-state index < -0.39 is 5.97 Å². The topological polar surface area (TPSA) is 72.9 Å². The van der Waals surface area contributed by atoms with Gasteiger partial charge in [-0.3, -0.25) is 9.59 Å². The van der Waals surface area contributed by atoms with Gasteiger partial charge in [0.05, 0.1) is 0 Å². The maximum atomic E-state index is 12.2. The number of rotatable bonds is 8. The molecule has 28 heavy (non-hydrogen) atoms. The molecule has 2 aromatic carbocycles. The first-order chi connectivity index (χ1) is 13.6. The van der Waals surface area contributed by atoms with Gasteiger partial charge in [0.25, 0.3) is 0 Å². The Labute approximate surface area is 164 Å². The molecular formula is C22H23NO5. The second-order valence-electron chi connectivity index (χ2n) is 6.57. The lowest BCUT2D eigenvalue weighted by atomic mass is 10.1. The third-order valence-corrected chi connectivity index (χ3v) is 4.63. The van der Waals surface area contributed by atoms with Crippen LogP contribution in [-0.4, -0.2) is 37.4 Å². The zero-order valence-electron chi connectivity index (χ0n) is 15.8. The van der Waals surface area contributed by atoms with Gasteiger partial charge in [0.2, 0.25) is 5.91 Å². The summed E-state index contributed by atoms with van der Waals surface area (Å²) in [6.07, 6.45) is 2.33. The lowest BCUT2D eigenvalue weighted by Gasteiger charge is -2.15. The molecule has 0 atom stereocenters. The second kappa shape index (κ2) is 9.17. The normalized spacial score (nSPS) is 13.5. The number of carbonyl (C=O) groups excluding carboxylic acids is 3. The molecule has 0 unspecified atom stereocenters. The Morgan fingerprint density at radius 3 is 2.32 bits per heavy atom. The van der Waals surface area contributed by atoms with Crippen molar-refractivity contribution in [1.29, 1.82) is 0 Å². The van der Waals surface area contributed by atoms with E-state index in [4.69, 9.17) is 9.47 Å². The molecule has 1 fully saturated rings. The summed E-state index contributed by atoms with van der Waals surface area (Å²) in [4.78, 5) is 37.5. The van der Waals surface area contributed by atoms with Gasteiger partial charge in [-0.15, -0.1) is 0 Å². The highest BCUT2D eigenvalue weighted by Gasteiger charge is 2.21. The molecule has 0 bridgehead atoms. The maximum Gasteiger partial charge on any atom is 0.344 e. The van der Waals surface area contributed by atoms with Crippen LogP contribution in [0.15, 0.2) is 48.5 Å². The average Bonchev–Trinajstić information content (AvgIpc) is 3.16. The molecule has 0 spiro atoms. The first kappa shape index (κ1) is 19.6. The summed E-state index contributed by atoms with van der Waals surface area (Å²) in [6, 6.07) is 14.2. The standard InChI is InChI=1S/C22H23NO5/c1-2-16-5-11-19(12-6-16)27-15-22(26)28-14-20(24)17-7-9-18(10-8-17)23-13-3-4-21(23)25/h5-12H,2-4,13-15H2,1H3. The molecule has 146 valence electrons. The molecular weight excluding hydrogens is 358 g/mol. The van der Waals surface area contributed by atoms with Crippen molar-refractivity contribution < 1.29 is 23.9 Å². The molecule has 6 nitrogen and oxygen atoms in total. The first-order valence-electron chi connectivity index (χ1n) is 9.38. The minimum atomic E-state index is -0.604. The summed E-state index contributed by atoms with van der Waals surface area (Å²) in [5.74, 6) is -0.239. The van der Waals surface area contributed by atoms with Gasteiger partial charge in [-0.25, -0.2) is 4.79 Å². The van der Waals surface area contributed by atoms with Crippen LogP contribution in [-0.2, 0) is 20.7 Å². The summed E-state index contributed by atoms with van der Waals surface area (Å²) in [6.45, 7) is 2.16. The number of anilines is 1. The first-order valence-corrected chi connectivity index (χ1v) is 9.38. The number of carbonyl (C=O) groups is 3. The molecule has 0 N–H and O–H groups in total. The molecule has 2 aromatic rings. The smallest absolute Gasteiger partial charge is 0.344 e. The van der Waals surface area contributed by atoms with Crippen LogP contribution in [0.1, 0.15) is 35.7 Å². The largest absolute Gasteiger partial charge is 0.482 e. The third kappa shape index (κ3) is 4.97. The monoisotopic (exact) mass is 381 g/mol. The minimum Gasteiger partial charge on any atom is -0.482 e. The summed E-state index contributed by atoms with van der Waals surface area (Å²) >= 11 is 0. The molecule has 1 aliphatic rings. The van der Waals surface area contributed by atoms with Gasteiger partial charge in [-0.2, -0.15) is 0 Å². The highest BCUT2D eigenvalue weighted by Crippen LogP contribution is 2.21. The van der Waals surface area contributed by atoms with Crippen LogP contribution in [0.3, 0.4) is 0 Å². The van der Waals surface area contributed by atoms with Gasteiger partial charge >= 0.3 is 5.97 Å². The number of amides is 1. The van der Waals surface area contributed by atoms with Gasteiger partial charge in [0.1, 0.15) is 5.75 Å². The average molecular weight is 381 g/mol. The number of esters is 1. The van der Waals surface area contributed by atoms with Crippen LogP contribution in [0.25, 0.3) is 0 Å². The van der Waals surface area contributed by atoms with Crippen LogP contribution >= 0.6 is 0 Å². The van der Waals surface area contributed by atoms with Crippen LogP contribution < -0.4 is 9.64 Å². The predicted molar refractivity (Wildman–Crippen MR) is 105 cm³/mol. The Morgan fingerprint density at radius 1 is 1.00 bits per heavy atom. The number of Topliss-reactive ketones (excluding diaryl/α,β-unsaturated/α-hetero) is 1. The molecule has 3 rings (SSSR count). The van der Waals surface area contributed by atoms with E-state index in [0.717, 1.165) is 18.5 Å². The number of aryl methyl sites for hydroxylation is 1. The van der Waals surface area contributed by atoms with Gasteiger partial charge in [-0.1, -0.05) is 19.1 Å². The lowest BCUT2D eigenvalue weighted by Crippen LogP contribution is -2.23. The Morgan fingerprint density at radius 2 is 1.71 bits per heavy atom. The zero-order valence-corrected chi connectivity index (χ0v) is 15.8. The Bertz CT molecular complexity index is 842. The number of benzene rings is 2. The number of hydrogen-bond donors (Lipinski definition) is 0. The number of nitrogens with zero attached hydrogens (tertiary/aromatic N) is 1. The van der Waals surface area contributed by atoms with Gasteiger partial charge in [0, 0.05) is 24.2 Å². The van der Waals surface area contributed by atoms with Crippen molar-refractivity contribution in [1.82, 2.24) is 0 Å². The molecule has 0 aromatic heterocycles. The maximum absolute atomic E-state index is 12.2. The van der Waals surface area contributed by atoms with Gasteiger partial charge in [0.15, 0.2) is 19.0 Å². The van der Waals surface area contributed by atoms with E-state index in [1.807, 2.05) is 12.1 Å². The Kier molecular flexibility index (Phi) is 6.42. The van der Waals surface area contributed by atoms with Crippen LogP contribution in [0.4, 0.5) is 5.69 Å². The Balaban J connectivity index is 1.45. The minimum absolute atomic E-state index is 0.0948. The van der Waals surface area contributed by atoms with E-state index in [9.17, 15) is 14.4 Å². The predicted octanol–water partition coefficient (Wildman–Crippen LogP) is 3.18. The highest BCUT2D eigenvalue weighted by molar-refractivity contribution is 5.99. The van der Waals surface area contributed by atoms with Crippen molar-refractivity contribution in [2.45, 2.75) is 26.2 Å². The van der Waals surface area contributed by atoms with E-state index in [2.05, 4.69) is 6.92 Å². The van der Waals surface area contributed by atoms with E-state index in [1.54, 1.807) is 41.3 Å². The van der Waals surface area contributed by atoms with Crippen molar-refractivity contribution in [3.05, 3.63) is 59.7 Å². The Hall–Kier alpha value is -3.15. The van der Waals surface area contributed by atoms with Crippen molar-refractivity contribution in [3.8, 4) is 5.75 Å². The fourth-order valence-corrected chi connectivity index (χ4v) is 2.98. The van der Waals surface area contributed by atoms with E-state index in [-0.39, 0.29) is 24.9 Å². The molecule has 6 heteroatoms. The summed E-state index contributed by atoms with van der Waals surface area (Å²) in [5.41, 5.74) is 2.39. The summed E-state index contributed by atoms with van der Waals surface area (Å²) in [7, 11) is 0. The third-order valence-electron chi connectivity index (χ3n) is 4.63. The van der Waals surface area contributed by atoms with Crippen molar-refractivity contribution in [2.24, 2.45) is 0 Å². The van der Waals surface area contributed by atoms with Crippen LogP contribution in [0.5, 0.6) is 5.75 Å². The fraction of sp³-hybridized carbons (Fsp3) is 0.318. The molecule has 1 amide bonds. The molecule has 0 radical (unpaired) electrons. The summed E-state index contributed by atoms with van der Waals surface area (Å²) < 4.78 is 10.4. The molecule has 0 aliphatic carbocycles. The van der Waals surface area contributed by atoms with Crippen LogP contribution in [0, 0.1) is 0 Å². The van der Waals surface area contributed by atoms with Gasteiger partial charge < -0.3 is 14.4 Å². The SMILES string of the molecule is CCc1ccc(OCC(=O)OCC(=O)c2ccc(N3CCCC3=O)cc2)cc1. The van der Waals surface area contributed by atoms with Crippen molar-refractivity contribution >= 4 is 23.3 Å². The zero-order chi connectivity index (χ0) is 19.9. The van der Waals surface area contributed by atoms with Crippen LogP contribution in [0.2, 0.25) is 0 Å². The van der Waals surface area contributed by atoms with E-state index in [0.29, 0.717) is 24.3 Å². The van der Waals surface area contributed by atoms with Gasteiger partial charge in [-0.05, 0) is 54.8 Å². The second-order valence-corrected chi connectivity index (χ2v) is 6.57. The van der Waals surface area contributed by atoms with E-state index in [1.165, 1.54) is 5.56 Å². The molecule has 1 aliphatic heterocycles. The summed E-state index contributed by atoms with van der Waals surface area (Å²) in [5, 5.41) is 0. The number of ether oxygens (including phenoxy) is 2. The van der Waals surface area contributed by atoms with E-state index >= 15 is 0 Å².